The molecule has 1 aromatic heterocycles. The number of hydrogen-bond acceptors (Lipinski definition) is 6. The summed E-state index contributed by atoms with van der Waals surface area (Å²) >= 11 is 0. The van der Waals surface area contributed by atoms with E-state index in [2.05, 4.69) is 20.6 Å². The fourth-order valence-corrected chi connectivity index (χ4v) is 2.03. The Morgan fingerprint density at radius 3 is 2.44 bits per heavy atom. The summed E-state index contributed by atoms with van der Waals surface area (Å²) in [5, 5.41) is 5.13. The van der Waals surface area contributed by atoms with Crippen LogP contribution in [0.15, 0.2) is 36.8 Å². The molecule has 0 spiro atoms. The molecule has 0 atom stereocenters. The fraction of sp³-hybridized carbons (Fsp3) is 0.235. The molecule has 2 rings (SSSR count). The summed E-state index contributed by atoms with van der Waals surface area (Å²) in [6.07, 6.45) is 3.99. The van der Waals surface area contributed by atoms with Gasteiger partial charge in [-0.2, -0.15) is 0 Å². The fourth-order valence-electron chi connectivity index (χ4n) is 2.03. The number of rotatable bonds is 6. The molecule has 0 aliphatic heterocycles. The monoisotopic (exact) mass is 342 g/mol. The molecule has 0 aliphatic rings. The predicted octanol–water partition coefficient (Wildman–Crippen LogP) is 1.01. The van der Waals surface area contributed by atoms with Gasteiger partial charge < -0.3 is 15.4 Å². The Balaban J connectivity index is 1.76. The Hall–Kier alpha value is -3.29. The summed E-state index contributed by atoms with van der Waals surface area (Å²) < 4.78 is 4.79. The summed E-state index contributed by atoms with van der Waals surface area (Å²) in [4.78, 5) is 42.7. The highest BCUT2D eigenvalue weighted by atomic mass is 16.5. The van der Waals surface area contributed by atoms with Crippen molar-refractivity contribution in [3.63, 3.8) is 0 Å². The molecule has 25 heavy (non-hydrogen) atoms. The summed E-state index contributed by atoms with van der Waals surface area (Å²) in [6, 6.07) is 5.66. The van der Waals surface area contributed by atoms with Gasteiger partial charge in [0, 0.05) is 18.1 Å². The number of benzene rings is 1. The SMILES string of the molecule is Cc1cccc(C)c1NC(=O)CNC(=O)COC(=O)c1cnccn1. The topological polar surface area (TPSA) is 110 Å². The van der Waals surface area contributed by atoms with Crippen LogP contribution in [-0.4, -0.2) is 40.9 Å². The third-order valence-electron chi connectivity index (χ3n) is 3.30. The van der Waals surface area contributed by atoms with Crippen LogP contribution < -0.4 is 10.6 Å². The first-order chi connectivity index (χ1) is 12.0. The number of carbonyl (C=O) groups excluding carboxylic acids is 3. The van der Waals surface area contributed by atoms with Gasteiger partial charge in [0.1, 0.15) is 0 Å². The maximum Gasteiger partial charge on any atom is 0.359 e. The Kier molecular flexibility index (Phi) is 6.16. The number of aromatic nitrogens is 2. The Labute approximate surface area is 144 Å². The quantitative estimate of drug-likeness (QED) is 0.758. The molecule has 2 aromatic rings. The van der Waals surface area contributed by atoms with Crippen LogP contribution in [0.4, 0.5) is 5.69 Å². The maximum absolute atomic E-state index is 11.9. The van der Waals surface area contributed by atoms with E-state index in [1.807, 2.05) is 32.0 Å². The van der Waals surface area contributed by atoms with Gasteiger partial charge in [-0.05, 0) is 25.0 Å². The van der Waals surface area contributed by atoms with Crippen LogP contribution in [0.3, 0.4) is 0 Å². The summed E-state index contributed by atoms with van der Waals surface area (Å²) in [7, 11) is 0. The van der Waals surface area contributed by atoms with Gasteiger partial charge in [0.2, 0.25) is 5.91 Å². The van der Waals surface area contributed by atoms with Crippen LogP contribution in [0.25, 0.3) is 0 Å². The van der Waals surface area contributed by atoms with Gasteiger partial charge in [-0.25, -0.2) is 9.78 Å². The molecular formula is C17H18N4O4. The molecule has 2 N–H and O–H groups in total. The van der Waals surface area contributed by atoms with Gasteiger partial charge >= 0.3 is 5.97 Å². The second-order valence-corrected chi connectivity index (χ2v) is 5.26. The van der Waals surface area contributed by atoms with E-state index in [1.165, 1.54) is 18.6 Å². The zero-order valence-electron chi connectivity index (χ0n) is 13.9. The molecule has 1 aromatic carbocycles. The number of anilines is 1. The average Bonchev–Trinajstić information content (AvgIpc) is 2.62. The highest BCUT2D eigenvalue weighted by Crippen LogP contribution is 2.18. The van der Waals surface area contributed by atoms with Crippen LogP contribution in [0.2, 0.25) is 0 Å². The lowest BCUT2D eigenvalue weighted by molar-refractivity contribution is -0.126. The van der Waals surface area contributed by atoms with Crippen LogP contribution in [0, 0.1) is 13.8 Å². The number of carbonyl (C=O) groups is 3. The molecule has 8 nitrogen and oxygen atoms in total. The molecule has 2 amide bonds. The minimum absolute atomic E-state index is 0.00284. The first-order valence-electron chi connectivity index (χ1n) is 7.53. The maximum atomic E-state index is 11.9. The van der Waals surface area contributed by atoms with Crippen molar-refractivity contribution in [2.45, 2.75) is 13.8 Å². The molecule has 130 valence electrons. The molecule has 0 unspecified atom stereocenters. The van der Waals surface area contributed by atoms with Gasteiger partial charge in [-0.15, -0.1) is 0 Å². The highest BCUT2D eigenvalue weighted by Gasteiger charge is 2.13. The number of hydrogen-bond donors (Lipinski definition) is 2. The van der Waals surface area contributed by atoms with E-state index >= 15 is 0 Å². The molecule has 1 heterocycles. The van der Waals surface area contributed by atoms with E-state index in [4.69, 9.17) is 4.74 Å². The minimum Gasteiger partial charge on any atom is -0.451 e. The summed E-state index contributed by atoms with van der Waals surface area (Å²) in [5.74, 6) is -1.72. The van der Waals surface area contributed by atoms with Gasteiger partial charge in [0.15, 0.2) is 12.3 Å². The molecule has 0 saturated carbocycles. The van der Waals surface area contributed by atoms with Gasteiger partial charge in [-0.3, -0.25) is 14.6 Å². The third-order valence-corrected chi connectivity index (χ3v) is 3.30. The van der Waals surface area contributed by atoms with Crippen LogP contribution in [-0.2, 0) is 14.3 Å². The molecule has 0 fully saturated rings. The molecule has 0 bridgehead atoms. The minimum atomic E-state index is -0.761. The standard InChI is InChI=1S/C17H18N4O4/c1-11-4-3-5-12(2)16(11)21-14(22)9-20-15(23)10-25-17(24)13-8-18-6-7-19-13/h3-8H,9-10H2,1-2H3,(H,20,23)(H,21,22). The first kappa shape index (κ1) is 18.1. The van der Waals surface area contributed by atoms with E-state index in [0.29, 0.717) is 0 Å². The van der Waals surface area contributed by atoms with E-state index in [9.17, 15) is 14.4 Å². The number of para-hydroxylation sites is 1. The van der Waals surface area contributed by atoms with Crippen LogP contribution in [0.5, 0.6) is 0 Å². The number of nitrogens with one attached hydrogen (secondary N) is 2. The zero-order valence-corrected chi connectivity index (χ0v) is 13.9. The predicted molar refractivity (Wildman–Crippen MR) is 89.9 cm³/mol. The molecule has 8 heteroatoms. The molecule has 0 aliphatic carbocycles. The normalized spacial score (nSPS) is 10.0. The van der Waals surface area contributed by atoms with Crippen molar-refractivity contribution in [3.8, 4) is 0 Å². The Morgan fingerprint density at radius 2 is 1.80 bits per heavy atom. The number of nitrogens with zero attached hydrogens (tertiary/aromatic N) is 2. The molecule has 0 saturated heterocycles. The largest absolute Gasteiger partial charge is 0.451 e. The van der Waals surface area contributed by atoms with Crippen LogP contribution in [0.1, 0.15) is 21.6 Å². The Bertz CT molecular complexity index is 757. The lowest BCUT2D eigenvalue weighted by Gasteiger charge is -2.12. The number of esters is 1. The molecule has 0 radical (unpaired) electrons. The Morgan fingerprint density at radius 1 is 1.08 bits per heavy atom. The summed E-state index contributed by atoms with van der Waals surface area (Å²) in [6.45, 7) is 3.03. The van der Waals surface area contributed by atoms with E-state index < -0.39 is 18.5 Å². The molecular weight excluding hydrogens is 324 g/mol. The van der Waals surface area contributed by atoms with E-state index in [1.54, 1.807) is 0 Å². The van der Waals surface area contributed by atoms with Gasteiger partial charge in [-0.1, -0.05) is 18.2 Å². The number of ether oxygens (including phenoxy) is 1. The van der Waals surface area contributed by atoms with Crippen molar-refractivity contribution in [3.05, 3.63) is 53.6 Å². The third kappa shape index (κ3) is 5.38. The van der Waals surface area contributed by atoms with Crippen molar-refractivity contribution < 1.29 is 19.1 Å². The number of amides is 2. The van der Waals surface area contributed by atoms with E-state index in [-0.39, 0.29) is 18.1 Å². The number of aryl methyl sites for hydroxylation is 2. The zero-order chi connectivity index (χ0) is 18.2. The summed E-state index contributed by atoms with van der Waals surface area (Å²) in [5.41, 5.74) is 2.58. The van der Waals surface area contributed by atoms with Crippen molar-refractivity contribution >= 4 is 23.5 Å². The lowest BCUT2D eigenvalue weighted by atomic mass is 10.1. The lowest BCUT2D eigenvalue weighted by Crippen LogP contribution is -2.35. The first-order valence-corrected chi connectivity index (χ1v) is 7.53. The van der Waals surface area contributed by atoms with Gasteiger partial charge in [0.25, 0.3) is 5.91 Å². The van der Waals surface area contributed by atoms with Crippen molar-refractivity contribution in [1.29, 1.82) is 0 Å². The second kappa shape index (κ2) is 8.53. The van der Waals surface area contributed by atoms with E-state index in [0.717, 1.165) is 16.8 Å². The van der Waals surface area contributed by atoms with Crippen molar-refractivity contribution in [1.82, 2.24) is 15.3 Å². The highest BCUT2D eigenvalue weighted by molar-refractivity contribution is 5.96. The second-order valence-electron chi connectivity index (χ2n) is 5.26. The van der Waals surface area contributed by atoms with Crippen LogP contribution >= 0.6 is 0 Å². The van der Waals surface area contributed by atoms with Gasteiger partial charge in [0.05, 0.1) is 12.7 Å². The van der Waals surface area contributed by atoms with Crippen molar-refractivity contribution in [2.75, 3.05) is 18.5 Å². The smallest absolute Gasteiger partial charge is 0.359 e. The van der Waals surface area contributed by atoms with Crippen molar-refractivity contribution in [2.24, 2.45) is 0 Å². The average molecular weight is 342 g/mol.